The van der Waals surface area contributed by atoms with Crippen molar-refractivity contribution >= 4 is 16.9 Å². The maximum absolute atomic E-state index is 12.7. The van der Waals surface area contributed by atoms with Gasteiger partial charge in [0, 0.05) is 60.9 Å². The third-order valence-electron chi connectivity index (χ3n) is 3.20. The fourth-order valence-corrected chi connectivity index (χ4v) is 3.38. The molecule has 6 nitrogen and oxygen atoms in total. The monoisotopic (exact) mass is 289 g/mol. The molecule has 0 fully saturated rings. The average Bonchev–Trinajstić information content (AvgIpc) is 2.87. The van der Waals surface area contributed by atoms with Gasteiger partial charge in [-0.15, -0.1) is 5.10 Å². The van der Waals surface area contributed by atoms with Crippen LogP contribution in [-0.4, -0.2) is 25.9 Å². The number of aryl methyl sites for hydroxylation is 1. The molecule has 2 aromatic rings. The Morgan fingerprint density at radius 3 is 2.85 bits per heavy atom. The van der Waals surface area contributed by atoms with Gasteiger partial charge in [-0.25, -0.2) is 4.68 Å². The SMILES string of the molecule is CCn1nc([S+]([O-])c2ccncc2)c2c1=NCCC=2N. The van der Waals surface area contributed by atoms with Crippen LogP contribution in [-0.2, 0) is 17.7 Å². The lowest BCUT2D eigenvalue weighted by Crippen LogP contribution is -2.38. The van der Waals surface area contributed by atoms with Crippen molar-refractivity contribution in [1.29, 1.82) is 0 Å². The molecule has 20 heavy (non-hydrogen) atoms. The molecule has 1 aliphatic rings. The molecule has 0 spiro atoms. The van der Waals surface area contributed by atoms with Crippen molar-refractivity contribution in [3.63, 3.8) is 0 Å². The lowest BCUT2D eigenvalue weighted by atomic mass is 10.2. The normalized spacial score (nSPS) is 15.6. The van der Waals surface area contributed by atoms with Crippen LogP contribution in [0.3, 0.4) is 0 Å². The summed E-state index contributed by atoms with van der Waals surface area (Å²) in [6.07, 6.45) is 3.92. The molecule has 1 unspecified atom stereocenters. The van der Waals surface area contributed by atoms with E-state index in [1.807, 2.05) is 6.92 Å². The van der Waals surface area contributed by atoms with Gasteiger partial charge in [0.25, 0.3) is 5.03 Å². The van der Waals surface area contributed by atoms with Gasteiger partial charge in [-0.3, -0.25) is 9.98 Å². The second kappa shape index (κ2) is 5.26. The highest BCUT2D eigenvalue weighted by Crippen LogP contribution is 2.15. The van der Waals surface area contributed by atoms with Gasteiger partial charge < -0.3 is 10.3 Å². The molecule has 0 amide bonds. The summed E-state index contributed by atoms with van der Waals surface area (Å²) in [7, 11) is 0. The molecule has 0 aliphatic carbocycles. The van der Waals surface area contributed by atoms with Crippen molar-refractivity contribution in [3.05, 3.63) is 35.2 Å². The first-order valence-electron chi connectivity index (χ1n) is 6.44. The second-order valence-electron chi connectivity index (χ2n) is 4.43. The van der Waals surface area contributed by atoms with Gasteiger partial charge in [0.15, 0.2) is 10.4 Å². The van der Waals surface area contributed by atoms with E-state index in [0.717, 1.165) is 10.7 Å². The van der Waals surface area contributed by atoms with Crippen LogP contribution in [0.15, 0.2) is 39.4 Å². The topological polar surface area (TPSA) is 92.1 Å². The molecule has 3 heterocycles. The Labute approximate surface area is 119 Å². The lowest BCUT2D eigenvalue weighted by Gasteiger charge is -2.07. The van der Waals surface area contributed by atoms with Gasteiger partial charge in [0.2, 0.25) is 0 Å². The summed E-state index contributed by atoms with van der Waals surface area (Å²) in [6.45, 7) is 3.31. The molecule has 104 valence electrons. The number of nitrogens with two attached hydrogens (primary N) is 1. The zero-order valence-electron chi connectivity index (χ0n) is 11.1. The van der Waals surface area contributed by atoms with Crippen molar-refractivity contribution in [1.82, 2.24) is 14.8 Å². The number of aromatic nitrogens is 3. The molecule has 2 aromatic heterocycles. The van der Waals surface area contributed by atoms with Crippen molar-refractivity contribution in [3.8, 4) is 0 Å². The van der Waals surface area contributed by atoms with Crippen LogP contribution in [0.4, 0.5) is 0 Å². The highest BCUT2D eigenvalue weighted by atomic mass is 32.2. The molecule has 0 aromatic carbocycles. The largest absolute Gasteiger partial charge is 0.605 e. The average molecular weight is 289 g/mol. The van der Waals surface area contributed by atoms with Crippen LogP contribution in [0.2, 0.25) is 0 Å². The van der Waals surface area contributed by atoms with Crippen LogP contribution in [0, 0.1) is 0 Å². The van der Waals surface area contributed by atoms with Crippen LogP contribution in [0.1, 0.15) is 13.3 Å². The van der Waals surface area contributed by atoms with E-state index >= 15 is 0 Å². The number of nitrogens with zero attached hydrogens (tertiary/aromatic N) is 4. The lowest BCUT2D eigenvalue weighted by molar-refractivity contribution is 0.574. The Bertz CT molecular complexity index is 740. The standard InChI is InChI=1S/C13H15N5OS/c1-2-18-12-11(10(14)5-8-16-12)13(17-18)20(19)9-3-6-15-7-4-9/h3-4,6-7H,2,5,8,14H2,1H3. The highest BCUT2D eigenvalue weighted by molar-refractivity contribution is 7.91. The van der Waals surface area contributed by atoms with Crippen LogP contribution in [0.5, 0.6) is 0 Å². The summed E-state index contributed by atoms with van der Waals surface area (Å²) in [5.74, 6) is 0. The van der Waals surface area contributed by atoms with E-state index in [9.17, 15) is 4.55 Å². The molecule has 3 rings (SSSR count). The molecule has 0 saturated carbocycles. The van der Waals surface area contributed by atoms with E-state index < -0.39 is 11.2 Å². The van der Waals surface area contributed by atoms with Gasteiger partial charge in [-0.1, -0.05) is 0 Å². The molecule has 0 bridgehead atoms. The number of fused-ring (bicyclic) bond motifs is 1. The summed E-state index contributed by atoms with van der Waals surface area (Å²) in [4.78, 5) is 9.07. The quantitative estimate of drug-likeness (QED) is 0.775. The van der Waals surface area contributed by atoms with Gasteiger partial charge in [-0.2, -0.15) is 0 Å². The highest BCUT2D eigenvalue weighted by Gasteiger charge is 2.25. The Morgan fingerprint density at radius 1 is 1.40 bits per heavy atom. The van der Waals surface area contributed by atoms with Crippen molar-refractivity contribution in [2.45, 2.75) is 29.8 Å². The fourth-order valence-electron chi connectivity index (χ4n) is 2.20. The van der Waals surface area contributed by atoms with Crippen molar-refractivity contribution in [2.24, 2.45) is 10.7 Å². The van der Waals surface area contributed by atoms with Crippen LogP contribution in [0.25, 0.3) is 5.70 Å². The van der Waals surface area contributed by atoms with Gasteiger partial charge in [0.05, 0.1) is 0 Å². The molecular formula is C13H15N5OS. The molecule has 1 atom stereocenters. The van der Waals surface area contributed by atoms with E-state index in [0.29, 0.717) is 35.1 Å². The van der Waals surface area contributed by atoms with Crippen LogP contribution < -0.4 is 16.4 Å². The summed E-state index contributed by atoms with van der Waals surface area (Å²) in [6, 6.07) is 3.45. The number of hydrogen-bond acceptors (Lipinski definition) is 5. The summed E-state index contributed by atoms with van der Waals surface area (Å²) >= 11 is -1.37. The fraction of sp³-hybridized carbons (Fsp3) is 0.308. The second-order valence-corrected chi connectivity index (χ2v) is 5.82. The summed E-state index contributed by atoms with van der Waals surface area (Å²) < 4.78 is 14.4. The van der Waals surface area contributed by atoms with E-state index in [-0.39, 0.29) is 0 Å². The van der Waals surface area contributed by atoms with E-state index in [4.69, 9.17) is 5.73 Å². The first-order chi connectivity index (χ1) is 9.72. The third kappa shape index (κ3) is 2.08. The number of rotatable bonds is 3. The van der Waals surface area contributed by atoms with Gasteiger partial charge >= 0.3 is 0 Å². The minimum atomic E-state index is -1.37. The molecule has 0 saturated heterocycles. The molecule has 7 heteroatoms. The smallest absolute Gasteiger partial charge is 0.280 e. The number of pyridine rings is 1. The first kappa shape index (κ1) is 13.1. The minimum Gasteiger partial charge on any atom is -0.605 e. The van der Waals surface area contributed by atoms with Crippen LogP contribution >= 0.6 is 0 Å². The van der Waals surface area contributed by atoms with E-state index in [2.05, 4.69) is 15.1 Å². The van der Waals surface area contributed by atoms with E-state index in [1.54, 1.807) is 29.2 Å². The Balaban J connectivity index is 2.22. The zero-order chi connectivity index (χ0) is 14.1. The predicted molar refractivity (Wildman–Crippen MR) is 74.7 cm³/mol. The first-order valence-corrected chi connectivity index (χ1v) is 7.59. The minimum absolute atomic E-state index is 0.494. The summed E-state index contributed by atoms with van der Waals surface area (Å²) in [5, 5.41) is 5.68. The zero-order valence-corrected chi connectivity index (χ0v) is 11.9. The maximum atomic E-state index is 12.7. The molecule has 1 aliphatic heterocycles. The third-order valence-corrected chi connectivity index (χ3v) is 4.53. The van der Waals surface area contributed by atoms with Crippen molar-refractivity contribution in [2.75, 3.05) is 6.54 Å². The maximum Gasteiger partial charge on any atom is 0.280 e. The Kier molecular flexibility index (Phi) is 3.45. The molecular weight excluding hydrogens is 274 g/mol. The molecule has 0 radical (unpaired) electrons. The molecule has 2 N–H and O–H groups in total. The predicted octanol–water partition coefficient (Wildman–Crippen LogP) is -0.445. The van der Waals surface area contributed by atoms with E-state index in [1.165, 1.54) is 0 Å². The van der Waals surface area contributed by atoms with Gasteiger partial charge in [0.1, 0.15) is 5.22 Å². The van der Waals surface area contributed by atoms with Crippen molar-refractivity contribution < 1.29 is 4.55 Å². The summed E-state index contributed by atoms with van der Waals surface area (Å²) in [5.41, 5.74) is 7.55. The Hall–Kier alpha value is -1.86. The Morgan fingerprint density at radius 2 is 2.15 bits per heavy atom. The number of hydrogen-bond donors (Lipinski definition) is 1. The van der Waals surface area contributed by atoms with Gasteiger partial charge in [-0.05, 0) is 6.92 Å².